The second-order valence-corrected chi connectivity index (χ2v) is 8.05. The number of rotatable bonds is 4. The van der Waals surface area contributed by atoms with Crippen LogP contribution in [0.2, 0.25) is 0 Å². The van der Waals surface area contributed by atoms with E-state index in [-0.39, 0.29) is 5.60 Å². The molecule has 0 radical (unpaired) electrons. The summed E-state index contributed by atoms with van der Waals surface area (Å²) in [6, 6.07) is 2.10. The van der Waals surface area contributed by atoms with Crippen LogP contribution in [-0.2, 0) is 22.5 Å². The molecule has 0 atom stereocenters. The zero-order chi connectivity index (χ0) is 19.1. The number of hydrogen-bond acceptors (Lipinski definition) is 8. The monoisotopic (exact) mass is 383 g/mol. The molecule has 1 fully saturated rings. The zero-order valence-electron chi connectivity index (χ0n) is 16.3. The van der Waals surface area contributed by atoms with E-state index in [1.165, 1.54) is 0 Å². The van der Waals surface area contributed by atoms with Crippen molar-refractivity contribution < 1.29 is 13.9 Å². The second-order valence-electron chi connectivity index (χ2n) is 8.05. The molecule has 3 aromatic heterocycles. The van der Waals surface area contributed by atoms with Crippen molar-refractivity contribution in [2.75, 3.05) is 44.7 Å². The van der Waals surface area contributed by atoms with Crippen LogP contribution in [0.25, 0.3) is 22.2 Å². The Morgan fingerprint density at radius 3 is 2.93 bits per heavy atom. The average Bonchev–Trinajstić information content (AvgIpc) is 3.05. The third-order valence-electron chi connectivity index (χ3n) is 5.45. The lowest BCUT2D eigenvalue weighted by Gasteiger charge is -2.30. The molecule has 5 rings (SSSR count). The zero-order valence-corrected chi connectivity index (χ0v) is 16.3. The van der Waals surface area contributed by atoms with Crippen molar-refractivity contribution in [3.63, 3.8) is 0 Å². The molecule has 0 saturated carbocycles. The van der Waals surface area contributed by atoms with Crippen LogP contribution >= 0.6 is 0 Å². The van der Waals surface area contributed by atoms with Crippen molar-refractivity contribution in [2.45, 2.75) is 32.5 Å². The van der Waals surface area contributed by atoms with Crippen LogP contribution in [0.4, 0.5) is 5.82 Å². The van der Waals surface area contributed by atoms with Crippen LogP contribution in [0, 0.1) is 0 Å². The largest absolute Gasteiger partial charge is 0.432 e. The SMILES string of the molecule is CC1(C)Cc2nc3oc4c(NCCN5CCOCC5)ncnc4c3cc2CO1. The number of nitrogens with one attached hydrogen (secondary N) is 1. The van der Waals surface area contributed by atoms with Gasteiger partial charge in [-0.2, -0.15) is 0 Å². The number of hydrogen-bond donors (Lipinski definition) is 1. The highest BCUT2D eigenvalue weighted by molar-refractivity contribution is 6.04. The van der Waals surface area contributed by atoms with Crippen molar-refractivity contribution in [1.29, 1.82) is 0 Å². The number of anilines is 1. The summed E-state index contributed by atoms with van der Waals surface area (Å²) in [5.74, 6) is 0.714. The van der Waals surface area contributed by atoms with E-state index in [0.29, 0.717) is 23.7 Å². The molecule has 0 aliphatic carbocycles. The van der Waals surface area contributed by atoms with E-state index < -0.39 is 0 Å². The average molecular weight is 383 g/mol. The van der Waals surface area contributed by atoms with Crippen LogP contribution in [0.3, 0.4) is 0 Å². The fourth-order valence-electron chi connectivity index (χ4n) is 3.87. The first-order valence-electron chi connectivity index (χ1n) is 9.83. The van der Waals surface area contributed by atoms with Gasteiger partial charge < -0.3 is 19.2 Å². The lowest BCUT2D eigenvalue weighted by Crippen LogP contribution is -2.39. The predicted octanol–water partition coefficient (Wildman–Crippen LogP) is 2.37. The Balaban J connectivity index is 1.43. The van der Waals surface area contributed by atoms with Gasteiger partial charge in [0.05, 0.1) is 36.5 Å². The van der Waals surface area contributed by atoms with Crippen LogP contribution in [0.5, 0.6) is 0 Å². The van der Waals surface area contributed by atoms with E-state index in [0.717, 1.165) is 68.0 Å². The summed E-state index contributed by atoms with van der Waals surface area (Å²) >= 11 is 0. The van der Waals surface area contributed by atoms with Crippen molar-refractivity contribution in [3.8, 4) is 0 Å². The number of nitrogens with zero attached hydrogens (tertiary/aromatic N) is 4. The molecule has 8 nitrogen and oxygen atoms in total. The summed E-state index contributed by atoms with van der Waals surface area (Å²) in [5, 5.41) is 4.31. The van der Waals surface area contributed by atoms with Crippen LogP contribution in [0.15, 0.2) is 16.8 Å². The molecule has 2 aliphatic rings. The van der Waals surface area contributed by atoms with Gasteiger partial charge in [0.25, 0.3) is 0 Å². The minimum Gasteiger partial charge on any atom is -0.432 e. The Labute approximate surface area is 163 Å². The summed E-state index contributed by atoms with van der Waals surface area (Å²) < 4.78 is 17.4. The number of aromatic nitrogens is 3. The van der Waals surface area contributed by atoms with Crippen molar-refractivity contribution in [1.82, 2.24) is 19.9 Å². The second kappa shape index (κ2) is 6.95. The minimum atomic E-state index is -0.203. The highest BCUT2D eigenvalue weighted by atomic mass is 16.5. The lowest BCUT2D eigenvalue weighted by molar-refractivity contribution is -0.0411. The molecule has 28 heavy (non-hydrogen) atoms. The van der Waals surface area contributed by atoms with Gasteiger partial charge in [0, 0.05) is 38.2 Å². The third-order valence-corrected chi connectivity index (χ3v) is 5.45. The van der Waals surface area contributed by atoms with Crippen molar-refractivity contribution in [3.05, 3.63) is 23.7 Å². The molecule has 1 saturated heterocycles. The molecule has 8 heteroatoms. The van der Waals surface area contributed by atoms with Crippen LogP contribution in [0.1, 0.15) is 25.1 Å². The van der Waals surface area contributed by atoms with E-state index in [4.69, 9.17) is 18.9 Å². The third kappa shape index (κ3) is 3.32. The van der Waals surface area contributed by atoms with Crippen molar-refractivity contribution in [2.24, 2.45) is 0 Å². The van der Waals surface area contributed by atoms with Gasteiger partial charge in [0.1, 0.15) is 11.8 Å². The van der Waals surface area contributed by atoms with Crippen LogP contribution < -0.4 is 5.32 Å². The van der Waals surface area contributed by atoms with Gasteiger partial charge in [0.15, 0.2) is 11.4 Å². The Kier molecular flexibility index (Phi) is 4.41. The molecular weight excluding hydrogens is 358 g/mol. The molecular formula is C20H25N5O3. The minimum absolute atomic E-state index is 0.203. The number of fused-ring (bicyclic) bond motifs is 4. The topological polar surface area (TPSA) is 85.5 Å². The maximum Gasteiger partial charge on any atom is 0.229 e. The van der Waals surface area contributed by atoms with Gasteiger partial charge in [0.2, 0.25) is 5.71 Å². The highest BCUT2D eigenvalue weighted by Gasteiger charge is 2.28. The van der Waals surface area contributed by atoms with Crippen molar-refractivity contribution >= 4 is 28.0 Å². The van der Waals surface area contributed by atoms with Gasteiger partial charge >= 0.3 is 0 Å². The van der Waals surface area contributed by atoms with Gasteiger partial charge in [-0.05, 0) is 19.9 Å². The fourth-order valence-corrected chi connectivity index (χ4v) is 3.87. The lowest BCUT2D eigenvalue weighted by atomic mass is 9.95. The van der Waals surface area contributed by atoms with Gasteiger partial charge in [-0.25, -0.2) is 15.0 Å². The maximum atomic E-state index is 6.09. The summed E-state index contributed by atoms with van der Waals surface area (Å²) in [6.07, 6.45) is 2.35. The van der Waals surface area contributed by atoms with Gasteiger partial charge in [-0.3, -0.25) is 4.90 Å². The Hall–Kier alpha value is -2.29. The highest BCUT2D eigenvalue weighted by Crippen LogP contribution is 2.34. The fraction of sp³-hybridized carbons (Fsp3) is 0.550. The van der Waals surface area contributed by atoms with E-state index in [1.807, 2.05) is 0 Å². The molecule has 148 valence electrons. The Bertz CT molecular complexity index is 1010. The summed E-state index contributed by atoms with van der Waals surface area (Å²) in [4.78, 5) is 16.0. The molecule has 0 unspecified atom stereocenters. The summed E-state index contributed by atoms with van der Waals surface area (Å²) in [7, 11) is 0. The van der Waals surface area contributed by atoms with Crippen LogP contribution in [-0.4, -0.2) is 64.8 Å². The number of pyridine rings is 1. The number of ether oxygens (including phenoxy) is 2. The predicted molar refractivity (Wildman–Crippen MR) is 105 cm³/mol. The van der Waals surface area contributed by atoms with E-state index in [1.54, 1.807) is 6.33 Å². The molecule has 0 spiro atoms. The molecule has 5 heterocycles. The molecule has 3 aromatic rings. The van der Waals surface area contributed by atoms with Gasteiger partial charge in [-0.15, -0.1) is 0 Å². The molecule has 1 N–H and O–H groups in total. The normalized spacial score (nSPS) is 19.8. The molecule has 0 bridgehead atoms. The Morgan fingerprint density at radius 1 is 1.21 bits per heavy atom. The number of furan rings is 1. The maximum absolute atomic E-state index is 6.09. The molecule has 0 amide bonds. The summed E-state index contributed by atoms with van der Waals surface area (Å²) in [6.45, 7) is 10.0. The smallest absolute Gasteiger partial charge is 0.229 e. The molecule has 0 aromatic carbocycles. The summed E-state index contributed by atoms with van der Waals surface area (Å²) in [5.41, 5.74) is 4.01. The quantitative estimate of drug-likeness (QED) is 0.735. The first-order chi connectivity index (χ1) is 13.6. The molecule has 2 aliphatic heterocycles. The van der Waals surface area contributed by atoms with E-state index in [9.17, 15) is 0 Å². The first-order valence-corrected chi connectivity index (χ1v) is 9.83. The number of morpholine rings is 1. The standard InChI is InChI=1S/C20H25N5O3/c1-20(2)10-15-13(11-27-20)9-14-16-17(28-19(14)24-15)18(23-12-22-16)21-3-4-25-5-7-26-8-6-25/h9,12H,3-8,10-11H2,1-2H3,(H,21,22,23). The van der Waals surface area contributed by atoms with E-state index >= 15 is 0 Å². The Morgan fingerprint density at radius 2 is 2.07 bits per heavy atom. The first kappa shape index (κ1) is 17.8. The van der Waals surface area contributed by atoms with Gasteiger partial charge in [-0.1, -0.05) is 0 Å². The van der Waals surface area contributed by atoms with E-state index in [2.05, 4.69) is 40.1 Å².